The van der Waals surface area contributed by atoms with Crippen LogP contribution in [-0.2, 0) is 11.2 Å². The first-order valence-corrected chi connectivity index (χ1v) is 7.77. The Hall–Kier alpha value is -2.28. The van der Waals surface area contributed by atoms with Crippen LogP contribution in [0.5, 0.6) is 0 Å². The molecule has 116 valence electrons. The van der Waals surface area contributed by atoms with Crippen LogP contribution >= 0.6 is 0 Å². The number of esters is 1. The van der Waals surface area contributed by atoms with E-state index in [0.29, 0.717) is 17.9 Å². The highest BCUT2D eigenvalue weighted by atomic mass is 16.5. The third-order valence-corrected chi connectivity index (χ3v) is 4.01. The van der Waals surface area contributed by atoms with E-state index in [1.54, 1.807) is 19.1 Å². The summed E-state index contributed by atoms with van der Waals surface area (Å²) in [5, 5.41) is 9.02. The third kappa shape index (κ3) is 4.11. The zero-order valence-electron chi connectivity index (χ0n) is 13.0. The van der Waals surface area contributed by atoms with E-state index in [1.165, 1.54) is 5.57 Å². The van der Waals surface area contributed by atoms with Gasteiger partial charge in [-0.1, -0.05) is 17.7 Å². The van der Waals surface area contributed by atoms with Crippen LogP contribution in [0.4, 0.5) is 5.69 Å². The van der Waals surface area contributed by atoms with E-state index in [4.69, 9.17) is 15.7 Å². The fourth-order valence-corrected chi connectivity index (χ4v) is 2.76. The Bertz CT molecular complexity index is 614. The molecule has 0 saturated heterocycles. The Labute approximate surface area is 131 Å². The van der Waals surface area contributed by atoms with Crippen LogP contribution in [0.25, 0.3) is 0 Å². The van der Waals surface area contributed by atoms with E-state index in [9.17, 15) is 4.79 Å². The van der Waals surface area contributed by atoms with Crippen molar-refractivity contribution in [1.82, 2.24) is 0 Å². The first-order chi connectivity index (χ1) is 10.6. The first kappa shape index (κ1) is 16.1. The van der Waals surface area contributed by atoms with Crippen molar-refractivity contribution in [2.24, 2.45) is 5.92 Å². The lowest BCUT2D eigenvalue weighted by molar-refractivity contribution is 0.0526. The molecule has 1 atom stereocenters. The number of carbonyl (C=O) groups is 1. The molecule has 22 heavy (non-hydrogen) atoms. The molecule has 1 aromatic rings. The van der Waals surface area contributed by atoms with Gasteiger partial charge in [0.2, 0.25) is 0 Å². The zero-order chi connectivity index (χ0) is 15.9. The average molecular weight is 298 g/mol. The van der Waals surface area contributed by atoms with E-state index in [0.717, 1.165) is 37.7 Å². The van der Waals surface area contributed by atoms with Gasteiger partial charge < -0.3 is 10.5 Å². The van der Waals surface area contributed by atoms with E-state index >= 15 is 0 Å². The molecule has 1 aromatic carbocycles. The second-order valence-electron chi connectivity index (χ2n) is 5.60. The Morgan fingerprint density at radius 3 is 2.95 bits per heavy atom. The minimum atomic E-state index is -0.340. The molecule has 2 rings (SSSR count). The minimum Gasteiger partial charge on any atom is -0.462 e. The molecule has 1 aliphatic carbocycles. The average Bonchev–Trinajstić information content (AvgIpc) is 2.54. The predicted octanol–water partition coefficient (Wildman–Crippen LogP) is 3.63. The van der Waals surface area contributed by atoms with E-state index < -0.39 is 0 Å². The maximum Gasteiger partial charge on any atom is 0.338 e. The smallest absolute Gasteiger partial charge is 0.338 e. The van der Waals surface area contributed by atoms with Crippen LogP contribution in [0.2, 0.25) is 0 Å². The monoisotopic (exact) mass is 298 g/mol. The predicted molar refractivity (Wildman–Crippen MR) is 86.2 cm³/mol. The van der Waals surface area contributed by atoms with Crippen molar-refractivity contribution in [2.75, 3.05) is 12.3 Å². The molecule has 4 nitrogen and oxygen atoms in total. The van der Waals surface area contributed by atoms with Crippen LogP contribution in [0, 0.1) is 17.2 Å². The molecule has 0 spiro atoms. The van der Waals surface area contributed by atoms with Gasteiger partial charge in [-0.2, -0.15) is 5.26 Å². The molecule has 0 saturated carbocycles. The quantitative estimate of drug-likeness (QED) is 0.511. The summed E-state index contributed by atoms with van der Waals surface area (Å²) in [6.07, 6.45) is 6.83. The van der Waals surface area contributed by atoms with Crippen molar-refractivity contribution in [3.63, 3.8) is 0 Å². The Morgan fingerprint density at radius 1 is 1.45 bits per heavy atom. The number of nitrogens with two attached hydrogens (primary N) is 1. The van der Waals surface area contributed by atoms with Crippen molar-refractivity contribution in [2.45, 2.75) is 39.0 Å². The highest BCUT2D eigenvalue weighted by Gasteiger charge is 2.15. The van der Waals surface area contributed by atoms with Gasteiger partial charge >= 0.3 is 5.97 Å². The number of nitriles is 1. The standard InChI is InChI=1S/C18H22N2O2/c1-2-22-18(21)16-9-8-15(17(20)11-16)7-6-13-4-3-5-14(10-13)12-19/h4,8-9,11,14H,2-3,5-7,10,20H2,1H3. The molecular formula is C18H22N2O2. The molecule has 1 unspecified atom stereocenters. The van der Waals surface area contributed by atoms with Gasteiger partial charge in [0.05, 0.1) is 24.2 Å². The van der Waals surface area contributed by atoms with Crippen molar-refractivity contribution < 1.29 is 9.53 Å². The lowest BCUT2D eigenvalue weighted by atomic mass is 9.87. The number of hydrogen-bond donors (Lipinski definition) is 1. The normalized spacial score (nSPS) is 17.5. The number of rotatable bonds is 5. The molecule has 0 amide bonds. The van der Waals surface area contributed by atoms with E-state index in [-0.39, 0.29) is 11.9 Å². The number of aryl methyl sites for hydroxylation is 1. The summed E-state index contributed by atoms with van der Waals surface area (Å²) in [5.41, 5.74) is 9.53. The molecular weight excluding hydrogens is 276 g/mol. The fraction of sp³-hybridized carbons (Fsp3) is 0.444. The lowest BCUT2D eigenvalue weighted by Crippen LogP contribution is -2.07. The van der Waals surface area contributed by atoms with Crippen molar-refractivity contribution in [3.8, 4) is 6.07 Å². The van der Waals surface area contributed by atoms with Crippen LogP contribution in [0.1, 0.15) is 48.5 Å². The second-order valence-corrected chi connectivity index (χ2v) is 5.60. The van der Waals surface area contributed by atoms with Gasteiger partial charge in [0.25, 0.3) is 0 Å². The van der Waals surface area contributed by atoms with Gasteiger partial charge in [-0.25, -0.2) is 4.79 Å². The molecule has 0 aliphatic heterocycles. The molecule has 0 radical (unpaired) electrons. The molecule has 0 fully saturated rings. The molecule has 1 aliphatic rings. The molecule has 0 bridgehead atoms. The van der Waals surface area contributed by atoms with Crippen LogP contribution in [0.15, 0.2) is 29.8 Å². The molecule has 0 aromatic heterocycles. The number of nitrogen functional groups attached to an aromatic ring is 1. The highest BCUT2D eigenvalue weighted by molar-refractivity contribution is 5.90. The van der Waals surface area contributed by atoms with Crippen molar-refractivity contribution in [1.29, 1.82) is 5.26 Å². The summed E-state index contributed by atoms with van der Waals surface area (Å²) in [5.74, 6) is -0.184. The summed E-state index contributed by atoms with van der Waals surface area (Å²) in [7, 11) is 0. The summed E-state index contributed by atoms with van der Waals surface area (Å²) >= 11 is 0. The number of hydrogen-bond acceptors (Lipinski definition) is 4. The zero-order valence-corrected chi connectivity index (χ0v) is 13.0. The SMILES string of the molecule is CCOC(=O)c1ccc(CCC2=CCCC(C#N)C2)c(N)c1. The topological polar surface area (TPSA) is 76.1 Å². The number of benzene rings is 1. The highest BCUT2D eigenvalue weighted by Crippen LogP contribution is 2.27. The number of allylic oxidation sites excluding steroid dienone is 2. The number of ether oxygens (including phenoxy) is 1. The lowest BCUT2D eigenvalue weighted by Gasteiger charge is -2.17. The summed E-state index contributed by atoms with van der Waals surface area (Å²) in [6.45, 7) is 2.14. The van der Waals surface area contributed by atoms with Gasteiger partial charge in [-0.05, 0) is 56.7 Å². The van der Waals surface area contributed by atoms with Crippen LogP contribution < -0.4 is 5.73 Å². The summed E-state index contributed by atoms with van der Waals surface area (Å²) in [4.78, 5) is 11.7. The van der Waals surface area contributed by atoms with E-state index in [1.807, 2.05) is 6.07 Å². The maximum atomic E-state index is 11.7. The maximum absolute atomic E-state index is 11.7. The molecule has 0 heterocycles. The van der Waals surface area contributed by atoms with Crippen molar-refractivity contribution >= 4 is 11.7 Å². The molecule has 4 heteroatoms. The van der Waals surface area contributed by atoms with Gasteiger partial charge in [-0.3, -0.25) is 0 Å². The van der Waals surface area contributed by atoms with Gasteiger partial charge in [-0.15, -0.1) is 0 Å². The third-order valence-electron chi connectivity index (χ3n) is 4.01. The van der Waals surface area contributed by atoms with Crippen LogP contribution in [-0.4, -0.2) is 12.6 Å². The van der Waals surface area contributed by atoms with E-state index in [2.05, 4.69) is 12.1 Å². The number of carbonyl (C=O) groups excluding carboxylic acids is 1. The van der Waals surface area contributed by atoms with Crippen molar-refractivity contribution in [3.05, 3.63) is 41.0 Å². The Balaban J connectivity index is 1.98. The number of anilines is 1. The minimum absolute atomic E-state index is 0.156. The summed E-state index contributed by atoms with van der Waals surface area (Å²) in [6, 6.07) is 7.70. The fourth-order valence-electron chi connectivity index (χ4n) is 2.76. The number of nitrogens with zero attached hydrogens (tertiary/aromatic N) is 1. The van der Waals surface area contributed by atoms with Gasteiger partial charge in [0.15, 0.2) is 0 Å². The Morgan fingerprint density at radius 2 is 2.27 bits per heavy atom. The van der Waals surface area contributed by atoms with Gasteiger partial charge in [0.1, 0.15) is 0 Å². The largest absolute Gasteiger partial charge is 0.462 e. The summed E-state index contributed by atoms with van der Waals surface area (Å²) < 4.78 is 4.97. The first-order valence-electron chi connectivity index (χ1n) is 7.77. The second kappa shape index (κ2) is 7.65. The Kier molecular flexibility index (Phi) is 5.60. The molecule has 2 N–H and O–H groups in total. The van der Waals surface area contributed by atoms with Crippen LogP contribution in [0.3, 0.4) is 0 Å². The van der Waals surface area contributed by atoms with Gasteiger partial charge in [0, 0.05) is 5.69 Å².